The van der Waals surface area contributed by atoms with Gasteiger partial charge in [-0.25, -0.2) is 4.72 Å². The molecule has 8 heteroatoms. The van der Waals surface area contributed by atoms with E-state index in [2.05, 4.69) is 0 Å². The highest BCUT2D eigenvalue weighted by Gasteiger charge is 2.28. The van der Waals surface area contributed by atoms with Gasteiger partial charge in [0.25, 0.3) is 0 Å². The van der Waals surface area contributed by atoms with Crippen LogP contribution in [0.25, 0.3) is 0 Å². The highest BCUT2D eigenvalue weighted by atomic mass is 32.2. The smallest absolute Gasteiger partial charge is 0.306 e. The number of rotatable bonds is 6. The van der Waals surface area contributed by atoms with E-state index in [1.54, 1.807) is 4.72 Å². The SMILES string of the molecule is CN(CC1CCC(C(=O)O)CC1)S(=O)(=O)NC=O. The summed E-state index contributed by atoms with van der Waals surface area (Å²) in [5.41, 5.74) is 0. The number of carbonyl (C=O) groups excluding carboxylic acids is 1. The summed E-state index contributed by atoms with van der Waals surface area (Å²) in [6.45, 7) is 0.301. The fourth-order valence-electron chi connectivity index (χ4n) is 2.20. The van der Waals surface area contributed by atoms with Gasteiger partial charge in [0.1, 0.15) is 0 Å². The lowest BCUT2D eigenvalue weighted by Crippen LogP contribution is -2.40. The zero-order valence-electron chi connectivity index (χ0n) is 10.2. The standard InChI is InChI=1S/C10H18N2O5S/c1-12(18(16,17)11-7-13)6-8-2-4-9(5-3-8)10(14)15/h7-9H,2-6H2,1H3,(H,11,13)(H,14,15). The van der Waals surface area contributed by atoms with Gasteiger partial charge in [-0.3, -0.25) is 9.59 Å². The first-order chi connectivity index (χ1) is 8.36. The first-order valence-corrected chi connectivity index (χ1v) is 7.21. The molecule has 1 saturated carbocycles. The van der Waals surface area contributed by atoms with Crippen molar-refractivity contribution in [1.82, 2.24) is 9.03 Å². The van der Waals surface area contributed by atoms with Gasteiger partial charge in [0.15, 0.2) is 0 Å². The number of amides is 1. The highest BCUT2D eigenvalue weighted by Crippen LogP contribution is 2.29. The molecule has 1 fully saturated rings. The van der Waals surface area contributed by atoms with Crippen LogP contribution in [0, 0.1) is 11.8 Å². The second kappa shape index (κ2) is 6.14. The predicted molar refractivity (Wildman–Crippen MR) is 63.8 cm³/mol. The minimum atomic E-state index is -3.74. The minimum absolute atomic E-state index is 0.132. The summed E-state index contributed by atoms with van der Waals surface area (Å²) >= 11 is 0. The van der Waals surface area contributed by atoms with Crippen LogP contribution in [-0.4, -0.2) is 43.8 Å². The zero-order chi connectivity index (χ0) is 13.8. The van der Waals surface area contributed by atoms with E-state index in [1.165, 1.54) is 7.05 Å². The summed E-state index contributed by atoms with van der Waals surface area (Å²) in [7, 11) is -2.34. The van der Waals surface area contributed by atoms with E-state index in [-0.39, 0.29) is 18.2 Å². The summed E-state index contributed by atoms with van der Waals surface area (Å²) in [6.07, 6.45) is 2.67. The number of carboxylic acids is 1. The Hall–Kier alpha value is -1.15. The van der Waals surface area contributed by atoms with Gasteiger partial charge >= 0.3 is 16.2 Å². The van der Waals surface area contributed by atoms with E-state index < -0.39 is 16.2 Å². The number of hydrogen-bond donors (Lipinski definition) is 2. The van der Waals surface area contributed by atoms with Crippen LogP contribution in [0.4, 0.5) is 0 Å². The molecule has 0 spiro atoms. The van der Waals surface area contributed by atoms with E-state index in [0.717, 1.165) is 4.31 Å². The second-order valence-electron chi connectivity index (χ2n) is 4.58. The monoisotopic (exact) mass is 278 g/mol. The Bertz CT molecular complexity index is 400. The molecule has 0 unspecified atom stereocenters. The Labute approximate surface area is 106 Å². The third-order valence-corrected chi connectivity index (χ3v) is 4.68. The number of nitrogens with one attached hydrogen (secondary N) is 1. The van der Waals surface area contributed by atoms with Gasteiger partial charge in [0.05, 0.1) is 5.92 Å². The second-order valence-corrected chi connectivity index (χ2v) is 6.39. The van der Waals surface area contributed by atoms with Crippen molar-refractivity contribution in [1.29, 1.82) is 0 Å². The topological polar surface area (TPSA) is 104 Å². The van der Waals surface area contributed by atoms with Crippen LogP contribution in [0.1, 0.15) is 25.7 Å². The van der Waals surface area contributed by atoms with Crippen molar-refractivity contribution in [3.63, 3.8) is 0 Å². The van der Waals surface area contributed by atoms with E-state index >= 15 is 0 Å². The van der Waals surface area contributed by atoms with Crippen LogP contribution in [-0.2, 0) is 19.8 Å². The molecule has 0 bridgehead atoms. The molecular formula is C10H18N2O5S. The zero-order valence-corrected chi connectivity index (χ0v) is 11.0. The van der Waals surface area contributed by atoms with Gasteiger partial charge in [-0.05, 0) is 31.6 Å². The van der Waals surface area contributed by atoms with Crippen LogP contribution < -0.4 is 4.72 Å². The minimum Gasteiger partial charge on any atom is -0.481 e. The fourth-order valence-corrected chi connectivity index (χ4v) is 2.91. The molecule has 18 heavy (non-hydrogen) atoms. The Morgan fingerprint density at radius 2 is 1.94 bits per heavy atom. The molecule has 1 aliphatic carbocycles. The Morgan fingerprint density at radius 1 is 1.39 bits per heavy atom. The average Bonchev–Trinajstić information content (AvgIpc) is 2.29. The van der Waals surface area contributed by atoms with Gasteiger partial charge in [0.2, 0.25) is 6.41 Å². The van der Waals surface area contributed by atoms with Gasteiger partial charge in [-0.2, -0.15) is 12.7 Å². The molecule has 0 saturated heterocycles. The Morgan fingerprint density at radius 3 is 2.39 bits per heavy atom. The van der Waals surface area contributed by atoms with Crippen LogP contribution >= 0.6 is 0 Å². The van der Waals surface area contributed by atoms with Crippen LogP contribution in [0.15, 0.2) is 0 Å². The molecule has 1 aliphatic rings. The quantitative estimate of drug-likeness (QED) is 0.655. The summed E-state index contributed by atoms with van der Waals surface area (Å²) in [5.74, 6) is -0.942. The maximum atomic E-state index is 11.5. The number of aliphatic carboxylic acids is 1. The largest absolute Gasteiger partial charge is 0.481 e. The van der Waals surface area contributed by atoms with E-state index in [4.69, 9.17) is 5.11 Å². The van der Waals surface area contributed by atoms with Crippen molar-refractivity contribution >= 4 is 22.6 Å². The van der Waals surface area contributed by atoms with Crippen molar-refractivity contribution in [2.24, 2.45) is 11.8 Å². The normalized spacial score (nSPS) is 24.8. The molecule has 0 atom stereocenters. The molecule has 104 valence electrons. The molecule has 0 aromatic rings. The average molecular weight is 278 g/mol. The number of carbonyl (C=O) groups is 2. The van der Waals surface area contributed by atoms with E-state index in [9.17, 15) is 18.0 Å². The maximum Gasteiger partial charge on any atom is 0.306 e. The molecule has 0 radical (unpaired) electrons. The molecule has 0 aromatic heterocycles. The van der Waals surface area contributed by atoms with Crippen molar-refractivity contribution in [2.75, 3.05) is 13.6 Å². The lowest BCUT2D eigenvalue weighted by atomic mass is 9.82. The van der Waals surface area contributed by atoms with Gasteiger partial charge in [0, 0.05) is 13.6 Å². The van der Waals surface area contributed by atoms with Crippen LogP contribution in [0.3, 0.4) is 0 Å². The van der Waals surface area contributed by atoms with Gasteiger partial charge in [-0.15, -0.1) is 0 Å². The molecule has 1 rings (SSSR count). The van der Waals surface area contributed by atoms with Gasteiger partial charge in [-0.1, -0.05) is 0 Å². The molecule has 2 N–H and O–H groups in total. The van der Waals surface area contributed by atoms with Crippen LogP contribution in [0.2, 0.25) is 0 Å². The molecule has 0 aromatic carbocycles. The number of hydrogen-bond acceptors (Lipinski definition) is 4. The van der Waals surface area contributed by atoms with Crippen molar-refractivity contribution in [3.05, 3.63) is 0 Å². The summed E-state index contributed by atoms with van der Waals surface area (Å²) in [6, 6.07) is 0. The fraction of sp³-hybridized carbons (Fsp3) is 0.800. The van der Waals surface area contributed by atoms with Crippen LogP contribution in [0.5, 0.6) is 0 Å². The number of nitrogens with zero attached hydrogens (tertiary/aromatic N) is 1. The third-order valence-electron chi connectivity index (χ3n) is 3.32. The third kappa shape index (κ3) is 3.95. The van der Waals surface area contributed by atoms with E-state index in [0.29, 0.717) is 32.2 Å². The summed E-state index contributed by atoms with van der Waals surface area (Å²) in [4.78, 5) is 20.9. The van der Waals surface area contributed by atoms with Crippen molar-refractivity contribution < 1.29 is 23.1 Å². The van der Waals surface area contributed by atoms with Crippen molar-refractivity contribution in [2.45, 2.75) is 25.7 Å². The first kappa shape index (κ1) is 14.9. The lowest BCUT2D eigenvalue weighted by Gasteiger charge is -2.28. The molecule has 7 nitrogen and oxygen atoms in total. The molecule has 0 heterocycles. The molecule has 0 aliphatic heterocycles. The first-order valence-electron chi connectivity index (χ1n) is 5.77. The lowest BCUT2D eigenvalue weighted by molar-refractivity contribution is -0.143. The predicted octanol–water partition coefficient (Wildman–Crippen LogP) is -0.200. The highest BCUT2D eigenvalue weighted by molar-refractivity contribution is 7.87. The Kier molecular flexibility index (Phi) is 5.09. The molecule has 1 amide bonds. The Balaban J connectivity index is 2.46. The van der Waals surface area contributed by atoms with E-state index in [1.807, 2.05) is 0 Å². The summed E-state index contributed by atoms with van der Waals surface area (Å²) < 4.78 is 25.8. The van der Waals surface area contributed by atoms with Crippen molar-refractivity contribution in [3.8, 4) is 0 Å². The van der Waals surface area contributed by atoms with Gasteiger partial charge < -0.3 is 5.11 Å². The number of carboxylic acid groups (broad SMARTS) is 1. The molecular weight excluding hydrogens is 260 g/mol. The summed E-state index contributed by atoms with van der Waals surface area (Å²) in [5, 5.41) is 8.85. The maximum absolute atomic E-state index is 11.5.